The number of aliphatic hydroxyl groups is 4. The Balaban J connectivity index is 0.000000180. The summed E-state index contributed by atoms with van der Waals surface area (Å²) in [5.41, 5.74) is 13.1. The number of likely N-dealkylation sites (tertiary alicyclic amines) is 2. The first-order valence-corrected chi connectivity index (χ1v) is 28.3. The molecule has 4 aliphatic heterocycles. The number of likely N-dealkylation sites (N-methyl/N-ethyl adjacent to an activating group) is 2. The van der Waals surface area contributed by atoms with Gasteiger partial charge in [0.25, 0.3) is 11.8 Å². The van der Waals surface area contributed by atoms with Crippen molar-refractivity contribution in [2.45, 2.75) is 101 Å². The van der Waals surface area contributed by atoms with Gasteiger partial charge in [0.15, 0.2) is 62.9 Å². The number of halogens is 3. The molecule has 0 spiro atoms. The van der Waals surface area contributed by atoms with Gasteiger partial charge >= 0.3 is 12.2 Å². The maximum Gasteiger partial charge on any atom is 0.415 e. The number of ether oxygens (including phenoxy) is 4. The van der Waals surface area contributed by atoms with Gasteiger partial charge in [0.2, 0.25) is 5.82 Å². The lowest BCUT2D eigenvalue weighted by atomic mass is 9.94. The molecule has 440 valence electrons. The first-order valence-electron chi connectivity index (χ1n) is 26.5. The Morgan fingerprint density at radius 3 is 1.55 bits per heavy atom. The van der Waals surface area contributed by atoms with Crippen molar-refractivity contribution < 1.29 is 58.6 Å². The van der Waals surface area contributed by atoms with Crippen molar-refractivity contribution in [3.63, 3.8) is 0 Å². The highest BCUT2D eigenvalue weighted by atomic mass is 127. The number of piperidine rings is 2. The van der Waals surface area contributed by atoms with Gasteiger partial charge in [-0.1, -0.05) is 53.4 Å². The summed E-state index contributed by atoms with van der Waals surface area (Å²) in [7, 11) is 0. The average molecular weight is 1300 g/mol. The van der Waals surface area contributed by atoms with E-state index in [0.29, 0.717) is 88.1 Å². The van der Waals surface area contributed by atoms with Crippen LogP contribution in [0.5, 0.6) is 11.5 Å². The number of terminal acetylenes is 1. The Bertz CT molecular complexity index is 3400. The Morgan fingerprint density at radius 2 is 1.11 bits per heavy atom. The molecule has 0 saturated carbocycles. The molecule has 0 aliphatic carbocycles. The first kappa shape index (κ1) is 61.9. The fourth-order valence-corrected chi connectivity index (χ4v) is 10.3. The van der Waals surface area contributed by atoms with Crippen molar-refractivity contribution in [2.75, 3.05) is 50.7 Å². The molecule has 4 fully saturated rings. The van der Waals surface area contributed by atoms with Crippen LogP contribution in [0.25, 0.3) is 22.3 Å². The molecule has 29 heteroatoms. The zero-order valence-electron chi connectivity index (χ0n) is 44.9. The molecule has 4 aromatic heterocycles. The van der Waals surface area contributed by atoms with Gasteiger partial charge in [-0.2, -0.15) is 0 Å². The topological polar surface area (TPSA) is 356 Å². The largest absolute Gasteiger partial charge is 0.415 e. The average Bonchev–Trinajstić information content (AvgIpc) is 4.27. The van der Waals surface area contributed by atoms with E-state index in [1.165, 1.54) is 21.8 Å². The highest BCUT2D eigenvalue weighted by Gasteiger charge is 2.49. The van der Waals surface area contributed by atoms with Crippen molar-refractivity contribution in [1.82, 2.24) is 59.5 Å². The van der Waals surface area contributed by atoms with Crippen LogP contribution < -0.4 is 31.6 Å². The minimum atomic E-state index is -1.44. The molecule has 6 aromatic rings. The van der Waals surface area contributed by atoms with E-state index in [-0.39, 0.29) is 40.6 Å². The summed E-state index contributed by atoms with van der Waals surface area (Å²) >= 11 is 13.9. The summed E-state index contributed by atoms with van der Waals surface area (Å²) in [5.74, 6) is 9.67. The van der Waals surface area contributed by atoms with Crippen molar-refractivity contribution in [2.24, 2.45) is 11.8 Å². The molecule has 0 radical (unpaired) electrons. The summed E-state index contributed by atoms with van der Waals surface area (Å²) in [5, 5.41) is 47.2. The maximum absolute atomic E-state index is 12.5. The van der Waals surface area contributed by atoms with Crippen molar-refractivity contribution in [1.29, 1.82) is 0 Å². The van der Waals surface area contributed by atoms with Gasteiger partial charge in [-0.25, -0.2) is 39.5 Å². The SMILES string of the molecule is C#CCC1CCN(C(=O)Oc2ccccc2Cl)CC1.CCNC(=O)[C@H]1O[C@@H](n2cnc3c(N)nc(C#CCC4CCN(C(=O)Oc5ccccc5Cl)CC4)nc32)C(O)[C@H]1O.CCNC(=O)[C@H]1O[C@@H](n2cnc3c(N)nc(I)nc32)C(O)[C@H]1O. The number of imidazole rings is 2. The molecular formula is C54H61Cl2IN14O12. The first-order chi connectivity index (χ1) is 39.9. The summed E-state index contributed by atoms with van der Waals surface area (Å²) in [6, 6.07) is 13.8. The normalized spacial score (nSPS) is 22.5. The molecule has 26 nitrogen and oxygen atoms in total. The number of hydrogen-bond acceptors (Lipinski definition) is 20. The monoisotopic (exact) mass is 1290 g/mol. The van der Waals surface area contributed by atoms with Gasteiger partial charge < -0.3 is 71.3 Å². The van der Waals surface area contributed by atoms with E-state index >= 15 is 0 Å². The van der Waals surface area contributed by atoms with Gasteiger partial charge in [-0.05, 0) is 81.6 Å². The standard InChI is InChI=1S/C27H30ClN7O6.C15H16ClNO2.C12H15IN6O4/c1-2-30-25(38)22-20(36)21(37)26(41-22)35-14-31-19-23(29)32-18(33-24(19)35)9-5-6-15-10-12-34(13-11-15)27(39)40-17-8-4-3-7-16(17)28;1-2-5-12-8-10-17(11-9-12)15(18)19-14-7-4-3-6-13(14)16;1-2-15-10(22)7-5(20)6(21)11(23-7)19-3-16-4-8(14)17-12(13)18-9(4)19/h3-4,7-8,14-15,20-22,26,36-37H,2,6,10-13H2,1H3,(H,30,38)(H2,29,32,33);1,3-4,6-7,12H,5,8-11H2;3,5-7,11,20-21H,2H2,1H3,(H,15,22)(H2,14,17,18)/t20-,21?,22+,26-;;5-,6?,7+,11-/m1.1/s1. The zero-order chi connectivity index (χ0) is 59.5. The summed E-state index contributed by atoms with van der Waals surface area (Å²) in [6.07, 6.45) is 1.94. The van der Waals surface area contributed by atoms with Gasteiger partial charge in [0.1, 0.15) is 35.4 Å². The fraction of sp³-hybridized carbons (Fsp3) is 0.444. The third kappa shape index (κ3) is 14.8. The van der Waals surface area contributed by atoms with Crippen LogP contribution in [0.15, 0.2) is 61.2 Å². The Kier molecular flexibility index (Phi) is 21.2. The number of para-hydroxylation sites is 2. The van der Waals surface area contributed by atoms with Crippen molar-refractivity contribution in [3.05, 3.63) is 80.9 Å². The molecule has 8 atom stereocenters. The van der Waals surface area contributed by atoms with E-state index < -0.39 is 67.0 Å². The van der Waals surface area contributed by atoms with E-state index in [4.69, 9.17) is 60.0 Å². The Morgan fingerprint density at radius 1 is 0.675 bits per heavy atom. The third-order valence-electron chi connectivity index (χ3n) is 13.9. The second kappa shape index (κ2) is 28.4. The number of fused-ring (bicyclic) bond motifs is 2. The van der Waals surface area contributed by atoms with Gasteiger partial charge in [0.05, 0.1) is 22.7 Å². The van der Waals surface area contributed by atoms with Crippen molar-refractivity contribution >= 4 is 104 Å². The van der Waals surface area contributed by atoms with Crippen LogP contribution in [0.2, 0.25) is 10.0 Å². The molecule has 4 saturated heterocycles. The number of carbonyl (C=O) groups is 4. The van der Waals surface area contributed by atoms with E-state index in [0.717, 1.165) is 32.1 Å². The van der Waals surface area contributed by atoms with E-state index in [1.807, 2.05) is 22.6 Å². The van der Waals surface area contributed by atoms with Gasteiger partial charge in [0, 0.05) is 74.7 Å². The predicted molar refractivity (Wildman–Crippen MR) is 310 cm³/mol. The van der Waals surface area contributed by atoms with Crippen LogP contribution >= 0.6 is 45.8 Å². The Hall–Kier alpha value is -7.19. The lowest BCUT2D eigenvalue weighted by molar-refractivity contribution is -0.138. The van der Waals surface area contributed by atoms with Crippen LogP contribution in [0.4, 0.5) is 21.2 Å². The number of anilines is 2. The van der Waals surface area contributed by atoms with Crippen LogP contribution in [0.1, 0.15) is 70.7 Å². The summed E-state index contributed by atoms with van der Waals surface area (Å²) < 4.78 is 25.2. The highest BCUT2D eigenvalue weighted by molar-refractivity contribution is 14.1. The Labute approximate surface area is 499 Å². The van der Waals surface area contributed by atoms with E-state index in [2.05, 4.69) is 58.3 Å². The van der Waals surface area contributed by atoms with Gasteiger partial charge in [-0.3, -0.25) is 18.7 Å². The molecule has 4 amide bonds. The number of nitrogens with zero attached hydrogens (tertiary/aromatic N) is 10. The third-order valence-corrected chi connectivity index (χ3v) is 15.0. The number of nitrogens with one attached hydrogen (secondary N) is 2. The lowest BCUT2D eigenvalue weighted by Crippen LogP contribution is -2.42. The number of hydrogen-bond donors (Lipinski definition) is 8. The van der Waals surface area contributed by atoms with E-state index in [9.17, 15) is 39.6 Å². The molecule has 10 rings (SSSR count). The van der Waals surface area contributed by atoms with Crippen LogP contribution in [0, 0.1) is 39.9 Å². The van der Waals surface area contributed by atoms with Crippen LogP contribution in [-0.2, 0) is 19.1 Å². The number of carbonyl (C=O) groups excluding carboxylic acids is 4. The zero-order valence-corrected chi connectivity index (χ0v) is 48.6. The molecule has 0 bridgehead atoms. The second-order valence-corrected chi connectivity index (χ2v) is 21.3. The lowest BCUT2D eigenvalue weighted by Gasteiger charge is -2.30. The number of amides is 4. The molecule has 10 N–H and O–H groups in total. The summed E-state index contributed by atoms with van der Waals surface area (Å²) in [6.45, 7) is 6.68. The molecular weight excluding hydrogens is 1230 g/mol. The van der Waals surface area contributed by atoms with Crippen molar-refractivity contribution in [3.8, 4) is 35.7 Å². The quantitative estimate of drug-likeness (QED) is 0.0549. The van der Waals surface area contributed by atoms with Gasteiger partial charge in [-0.15, -0.1) is 12.3 Å². The minimum absolute atomic E-state index is 0.0942. The number of aliphatic hydroxyl groups excluding tert-OH is 4. The fourth-order valence-electron chi connectivity index (χ4n) is 9.49. The minimum Gasteiger partial charge on any atom is -0.409 e. The molecule has 83 heavy (non-hydrogen) atoms. The van der Waals surface area contributed by atoms with Crippen LogP contribution in [-0.4, -0.2) is 169 Å². The maximum atomic E-state index is 12.5. The highest BCUT2D eigenvalue weighted by Crippen LogP contribution is 2.35. The molecule has 8 heterocycles. The number of rotatable bonds is 10. The molecule has 4 aliphatic rings. The number of nitrogen functional groups attached to an aromatic ring is 2. The molecule has 2 aromatic carbocycles. The number of aromatic nitrogens is 8. The smallest absolute Gasteiger partial charge is 0.409 e. The summed E-state index contributed by atoms with van der Waals surface area (Å²) in [4.78, 5) is 77.2. The predicted octanol–water partition coefficient (Wildman–Crippen LogP) is 3.81. The molecule has 2 unspecified atom stereocenters. The number of benzene rings is 2. The number of nitrogens with two attached hydrogens (primary N) is 2. The van der Waals surface area contributed by atoms with E-state index in [1.54, 1.807) is 72.2 Å². The van der Waals surface area contributed by atoms with Crippen LogP contribution in [0.3, 0.4) is 0 Å². The second-order valence-electron chi connectivity index (χ2n) is 19.5.